The van der Waals surface area contributed by atoms with Gasteiger partial charge in [0.15, 0.2) is 4.34 Å². The van der Waals surface area contributed by atoms with Gasteiger partial charge < -0.3 is 4.98 Å². The molecule has 0 saturated carbocycles. The van der Waals surface area contributed by atoms with E-state index in [1.165, 1.54) is 0 Å². The summed E-state index contributed by atoms with van der Waals surface area (Å²) < 4.78 is 0.987. The number of anilines is 2. The lowest BCUT2D eigenvalue weighted by atomic mass is 10.3. The van der Waals surface area contributed by atoms with Crippen LogP contribution in [0.1, 0.15) is 6.92 Å². The summed E-state index contributed by atoms with van der Waals surface area (Å²) in [5.74, 6) is 1.79. The summed E-state index contributed by atoms with van der Waals surface area (Å²) in [5, 5.41) is 9.19. The molecule has 3 aromatic rings. The molecular formula is C12H13N5S2. The molecule has 1 aromatic carbocycles. The number of fused-ring (bicyclic) bond motifs is 1. The van der Waals surface area contributed by atoms with Crippen molar-refractivity contribution in [2.24, 2.45) is 0 Å². The Kier molecular flexibility index (Phi) is 3.39. The van der Waals surface area contributed by atoms with Gasteiger partial charge in [-0.15, -0.1) is 10.2 Å². The number of rotatable bonds is 4. The largest absolute Gasteiger partial charge is 0.324 e. The van der Waals surface area contributed by atoms with Gasteiger partial charge in [0, 0.05) is 7.05 Å². The number of hydrogen-bond acceptors (Lipinski definition) is 6. The molecule has 0 atom stereocenters. The Hall–Kier alpha value is -1.60. The van der Waals surface area contributed by atoms with Crippen molar-refractivity contribution in [3.63, 3.8) is 0 Å². The van der Waals surface area contributed by atoms with Gasteiger partial charge in [0.2, 0.25) is 11.1 Å². The van der Waals surface area contributed by atoms with Crippen molar-refractivity contribution in [2.75, 3.05) is 17.7 Å². The number of para-hydroxylation sites is 2. The quantitative estimate of drug-likeness (QED) is 0.747. The number of thioether (sulfide) groups is 1. The summed E-state index contributed by atoms with van der Waals surface area (Å²) >= 11 is 3.28. The maximum Gasteiger partial charge on any atom is 0.215 e. The monoisotopic (exact) mass is 291 g/mol. The highest BCUT2D eigenvalue weighted by Crippen LogP contribution is 2.30. The van der Waals surface area contributed by atoms with Crippen LogP contribution in [0.2, 0.25) is 0 Å². The fourth-order valence-electron chi connectivity index (χ4n) is 1.71. The fourth-order valence-corrected chi connectivity index (χ4v) is 3.41. The first-order chi connectivity index (χ1) is 9.28. The average Bonchev–Trinajstić information content (AvgIpc) is 3.04. The lowest BCUT2D eigenvalue weighted by molar-refractivity contribution is 0.975. The molecule has 0 aliphatic heterocycles. The third-order valence-corrected chi connectivity index (χ3v) is 4.66. The molecule has 0 unspecified atom stereocenters. The number of hydrogen-bond donors (Lipinski definition) is 1. The van der Waals surface area contributed by atoms with E-state index in [-0.39, 0.29) is 0 Å². The summed E-state index contributed by atoms with van der Waals surface area (Å²) in [6.07, 6.45) is 0. The Labute approximate surface area is 119 Å². The van der Waals surface area contributed by atoms with Crippen LogP contribution in [0.15, 0.2) is 28.6 Å². The number of aromatic amines is 1. The van der Waals surface area contributed by atoms with Crippen LogP contribution in [0.5, 0.6) is 0 Å². The normalized spacial score (nSPS) is 11.1. The first kappa shape index (κ1) is 12.4. The van der Waals surface area contributed by atoms with Crippen molar-refractivity contribution in [1.29, 1.82) is 0 Å². The number of nitrogens with zero attached hydrogens (tertiary/aromatic N) is 4. The minimum absolute atomic E-state index is 0.783. The number of H-pyrrole nitrogens is 1. The second kappa shape index (κ2) is 5.18. The van der Waals surface area contributed by atoms with E-state index in [0.29, 0.717) is 0 Å². The number of benzene rings is 1. The van der Waals surface area contributed by atoms with E-state index in [2.05, 4.69) is 27.1 Å². The molecule has 1 N–H and O–H groups in total. The molecule has 2 heterocycles. The molecule has 7 heteroatoms. The Balaban J connectivity index is 1.91. The number of nitrogens with one attached hydrogen (secondary N) is 1. The predicted octanol–water partition coefficient (Wildman–Crippen LogP) is 3.29. The third-order valence-electron chi connectivity index (χ3n) is 2.65. The van der Waals surface area contributed by atoms with Gasteiger partial charge >= 0.3 is 0 Å². The van der Waals surface area contributed by atoms with E-state index in [1.807, 2.05) is 36.2 Å². The van der Waals surface area contributed by atoms with E-state index in [1.54, 1.807) is 23.1 Å². The average molecular weight is 291 g/mol. The Morgan fingerprint density at radius 1 is 1.32 bits per heavy atom. The van der Waals surface area contributed by atoms with Gasteiger partial charge in [-0.2, -0.15) is 0 Å². The molecule has 0 spiro atoms. The van der Waals surface area contributed by atoms with Crippen LogP contribution in [-0.2, 0) is 0 Å². The van der Waals surface area contributed by atoms with E-state index in [9.17, 15) is 0 Å². The van der Waals surface area contributed by atoms with Crippen LogP contribution in [-0.4, -0.2) is 33.0 Å². The van der Waals surface area contributed by atoms with E-state index < -0.39 is 0 Å². The highest BCUT2D eigenvalue weighted by Gasteiger charge is 2.13. The van der Waals surface area contributed by atoms with Gasteiger partial charge in [-0.1, -0.05) is 42.2 Å². The number of aromatic nitrogens is 4. The maximum atomic E-state index is 4.55. The van der Waals surface area contributed by atoms with Crippen molar-refractivity contribution in [1.82, 2.24) is 20.2 Å². The molecule has 3 rings (SSSR count). The highest BCUT2D eigenvalue weighted by atomic mass is 32.2. The van der Waals surface area contributed by atoms with E-state index in [0.717, 1.165) is 32.2 Å². The molecule has 0 saturated heterocycles. The topological polar surface area (TPSA) is 57.7 Å². The van der Waals surface area contributed by atoms with Crippen LogP contribution in [0.3, 0.4) is 0 Å². The first-order valence-electron chi connectivity index (χ1n) is 5.92. The summed E-state index contributed by atoms with van der Waals surface area (Å²) in [5.41, 5.74) is 1.98. The van der Waals surface area contributed by atoms with E-state index in [4.69, 9.17) is 0 Å². The zero-order valence-corrected chi connectivity index (χ0v) is 12.3. The van der Waals surface area contributed by atoms with Gasteiger partial charge in [-0.25, -0.2) is 4.98 Å². The highest BCUT2D eigenvalue weighted by molar-refractivity contribution is 8.01. The second-order valence-corrected chi connectivity index (χ2v) is 6.39. The molecule has 5 nitrogen and oxygen atoms in total. The zero-order valence-electron chi connectivity index (χ0n) is 10.6. The van der Waals surface area contributed by atoms with E-state index >= 15 is 0 Å². The lowest BCUT2D eigenvalue weighted by Crippen LogP contribution is -2.10. The fraction of sp³-hybridized carbons (Fsp3) is 0.250. The van der Waals surface area contributed by atoms with Crippen molar-refractivity contribution in [3.8, 4) is 0 Å². The van der Waals surface area contributed by atoms with Crippen molar-refractivity contribution >= 4 is 45.2 Å². The van der Waals surface area contributed by atoms with Crippen molar-refractivity contribution in [3.05, 3.63) is 24.3 Å². The summed E-state index contributed by atoms with van der Waals surface area (Å²) in [6, 6.07) is 7.97. The van der Waals surface area contributed by atoms with Gasteiger partial charge in [0.1, 0.15) is 0 Å². The molecule has 19 heavy (non-hydrogen) atoms. The molecular weight excluding hydrogens is 278 g/mol. The molecule has 0 aliphatic rings. The van der Waals surface area contributed by atoms with Crippen molar-refractivity contribution < 1.29 is 0 Å². The Morgan fingerprint density at radius 2 is 2.16 bits per heavy atom. The molecule has 0 bridgehead atoms. The first-order valence-corrected chi connectivity index (χ1v) is 7.73. The standard InChI is InChI=1S/C12H13N5S2/c1-3-18-12-16-15-11(19-12)17(2)10-13-8-6-4-5-7-9(8)14-10/h4-7H,3H2,1-2H3,(H,13,14). The van der Waals surface area contributed by atoms with Crippen LogP contribution in [0, 0.1) is 0 Å². The predicted molar refractivity (Wildman–Crippen MR) is 80.5 cm³/mol. The smallest absolute Gasteiger partial charge is 0.215 e. The minimum Gasteiger partial charge on any atom is -0.324 e. The van der Waals surface area contributed by atoms with Crippen LogP contribution in [0.4, 0.5) is 11.1 Å². The summed E-state index contributed by atoms with van der Waals surface area (Å²) in [7, 11) is 1.94. The van der Waals surface area contributed by atoms with Gasteiger partial charge in [-0.3, -0.25) is 4.90 Å². The second-order valence-electron chi connectivity index (χ2n) is 3.92. The molecule has 2 aromatic heterocycles. The van der Waals surface area contributed by atoms with Crippen LogP contribution >= 0.6 is 23.1 Å². The lowest BCUT2D eigenvalue weighted by Gasteiger charge is -2.10. The van der Waals surface area contributed by atoms with Crippen LogP contribution in [0.25, 0.3) is 11.0 Å². The maximum absolute atomic E-state index is 4.55. The van der Waals surface area contributed by atoms with Crippen molar-refractivity contribution in [2.45, 2.75) is 11.3 Å². The third kappa shape index (κ3) is 2.43. The molecule has 0 fully saturated rings. The zero-order chi connectivity index (χ0) is 13.2. The SMILES string of the molecule is CCSc1nnc(N(C)c2nc3ccccc3[nH]2)s1. The molecule has 0 aliphatic carbocycles. The minimum atomic E-state index is 0.783. The van der Waals surface area contributed by atoms with Gasteiger partial charge in [-0.05, 0) is 17.9 Å². The summed E-state index contributed by atoms with van der Waals surface area (Å²) in [4.78, 5) is 9.76. The van der Waals surface area contributed by atoms with Gasteiger partial charge in [0.25, 0.3) is 0 Å². The van der Waals surface area contributed by atoms with Crippen LogP contribution < -0.4 is 4.90 Å². The summed E-state index contributed by atoms with van der Waals surface area (Å²) in [6.45, 7) is 2.11. The number of imidazole rings is 1. The van der Waals surface area contributed by atoms with Gasteiger partial charge in [0.05, 0.1) is 11.0 Å². The molecule has 98 valence electrons. The molecule has 0 amide bonds. The Morgan fingerprint density at radius 3 is 2.95 bits per heavy atom. The molecule has 0 radical (unpaired) electrons. The Bertz CT molecular complexity index is 657.